The van der Waals surface area contributed by atoms with Gasteiger partial charge in [0.15, 0.2) is 0 Å². The van der Waals surface area contributed by atoms with Crippen LogP contribution in [-0.2, 0) is 21.2 Å². The van der Waals surface area contributed by atoms with Crippen LogP contribution >= 0.6 is 0 Å². The van der Waals surface area contributed by atoms with E-state index in [0.717, 1.165) is 11.1 Å². The molecule has 0 bridgehead atoms. The molecule has 1 atom stereocenters. The van der Waals surface area contributed by atoms with Crippen LogP contribution in [0.2, 0.25) is 0 Å². The molecule has 0 unspecified atom stereocenters. The van der Waals surface area contributed by atoms with Crippen LogP contribution < -0.4 is 5.32 Å². The zero-order valence-corrected chi connectivity index (χ0v) is 20.6. The van der Waals surface area contributed by atoms with E-state index in [1.54, 1.807) is 31.2 Å². The largest absolute Gasteiger partial charge is 0.326 e. The monoisotopic (exact) mass is 484 g/mol. The minimum atomic E-state index is -3.58. The number of carbonyl (C=O) groups is 2. The average Bonchev–Trinajstić information content (AvgIpc) is 2.97. The predicted molar refractivity (Wildman–Crippen MR) is 130 cm³/mol. The van der Waals surface area contributed by atoms with Gasteiger partial charge in [-0.1, -0.05) is 48.0 Å². The number of hydrogen-bond donors (Lipinski definition) is 1. The minimum Gasteiger partial charge on any atom is -0.323 e. The molecule has 2 aromatic rings. The summed E-state index contributed by atoms with van der Waals surface area (Å²) in [5, 5.41) is 2.87. The van der Waals surface area contributed by atoms with E-state index in [1.165, 1.54) is 9.21 Å². The lowest BCUT2D eigenvalue weighted by atomic mass is 9.93. The molecule has 34 heavy (non-hydrogen) atoms. The first-order valence-electron chi connectivity index (χ1n) is 11.7. The van der Waals surface area contributed by atoms with Crippen molar-refractivity contribution in [3.8, 4) is 0 Å². The van der Waals surface area contributed by atoms with Crippen LogP contribution in [0.25, 0.3) is 0 Å². The SMILES string of the molecule is Cc1ccc(S(=O)(=O)N2CCCN(CN3C(=O)N[C@](C)(CCc4ccccc4)C3=O)CC2)cc1. The summed E-state index contributed by atoms with van der Waals surface area (Å²) in [6.07, 6.45) is 1.83. The lowest BCUT2D eigenvalue weighted by molar-refractivity contribution is -0.132. The van der Waals surface area contributed by atoms with Crippen LogP contribution in [0.5, 0.6) is 0 Å². The highest BCUT2D eigenvalue weighted by atomic mass is 32.2. The fraction of sp³-hybridized carbons (Fsp3) is 0.440. The van der Waals surface area contributed by atoms with Gasteiger partial charge in [-0.25, -0.2) is 18.1 Å². The molecule has 0 saturated carbocycles. The summed E-state index contributed by atoms with van der Waals surface area (Å²) < 4.78 is 27.6. The molecule has 8 nitrogen and oxygen atoms in total. The quantitative estimate of drug-likeness (QED) is 0.610. The number of aryl methyl sites for hydroxylation is 2. The maximum absolute atomic E-state index is 13.2. The Morgan fingerprint density at radius 3 is 2.35 bits per heavy atom. The first-order chi connectivity index (χ1) is 16.2. The number of imide groups is 1. The first kappa shape index (κ1) is 24.4. The second-order valence-corrected chi connectivity index (χ2v) is 11.2. The molecule has 4 rings (SSSR count). The van der Waals surface area contributed by atoms with Crippen molar-refractivity contribution in [2.24, 2.45) is 0 Å². The van der Waals surface area contributed by atoms with Gasteiger partial charge in [0, 0.05) is 26.2 Å². The number of rotatable bonds is 7. The summed E-state index contributed by atoms with van der Waals surface area (Å²) in [5.41, 5.74) is 1.18. The second kappa shape index (κ2) is 9.85. The fourth-order valence-corrected chi connectivity index (χ4v) is 5.94. The summed E-state index contributed by atoms with van der Waals surface area (Å²) in [4.78, 5) is 29.4. The number of nitrogens with one attached hydrogen (secondary N) is 1. The Morgan fingerprint density at radius 1 is 0.941 bits per heavy atom. The third-order valence-electron chi connectivity index (χ3n) is 6.65. The van der Waals surface area contributed by atoms with Crippen LogP contribution in [0.1, 0.15) is 30.9 Å². The van der Waals surface area contributed by atoms with E-state index in [9.17, 15) is 18.0 Å². The molecule has 3 amide bonds. The van der Waals surface area contributed by atoms with Gasteiger partial charge in [0.05, 0.1) is 11.6 Å². The molecule has 2 aliphatic rings. The van der Waals surface area contributed by atoms with E-state index in [2.05, 4.69) is 5.32 Å². The molecule has 1 N–H and O–H groups in total. The van der Waals surface area contributed by atoms with Crippen LogP contribution in [0.4, 0.5) is 4.79 Å². The Labute approximate surface area is 201 Å². The Kier molecular flexibility index (Phi) is 7.06. The molecule has 0 aromatic heterocycles. The molecule has 2 heterocycles. The molecule has 2 aromatic carbocycles. The van der Waals surface area contributed by atoms with Crippen molar-refractivity contribution in [1.82, 2.24) is 19.4 Å². The summed E-state index contributed by atoms with van der Waals surface area (Å²) in [7, 11) is -3.58. The minimum absolute atomic E-state index is 0.157. The van der Waals surface area contributed by atoms with Gasteiger partial charge < -0.3 is 5.32 Å². The Morgan fingerprint density at radius 2 is 1.65 bits per heavy atom. The van der Waals surface area contributed by atoms with Gasteiger partial charge in [0.25, 0.3) is 5.91 Å². The highest BCUT2D eigenvalue weighted by Gasteiger charge is 2.47. The van der Waals surface area contributed by atoms with Crippen molar-refractivity contribution in [1.29, 1.82) is 0 Å². The van der Waals surface area contributed by atoms with Crippen LogP contribution in [-0.4, -0.2) is 72.8 Å². The number of sulfonamides is 1. The van der Waals surface area contributed by atoms with Crippen molar-refractivity contribution < 1.29 is 18.0 Å². The van der Waals surface area contributed by atoms with Gasteiger partial charge in [0.1, 0.15) is 5.54 Å². The lowest BCUT2D eigenvalue weighted by Crippen LogP contribution is -2.46. The summed E-state index contributed by atoms with van der Waals surface area (Å²) in [6.45, 7) is 5.62. The van der Waals surface area contributed by atoms with Crippen LogP contribution in [0.15, 0.2) is 59.5 Å². The van der Waals surface area contributed by atoms with Gasteiger partial charge >= 0.3 is 6.03 Å². The Balaban J connectivity index is 1.37. The third kappa shape index (κ3) is 5.16. The molecule has 2 saturated heterocycles. The van der Waals surface area contributed by atoms with Crippen molar-refractivity contribution in [2.45, 2.75) is 43.5 Å². The van der Waals surface area contributed by atoms with E-state index in [-0.39, 0.29) is 17.5 Å². The second-order valence-electron chi connectivity index (χ2n) is 9.31. The first-order valence-corrected chi connectivity index (χ1v) is 13.1. The van der Waals surface area contributed by atoms with Crippen molar-refractivity contribution in [3.05, 3.63) is 65.7 Å². The standard InChI is InChI=1S/C25H32N4O4S/c1-20-9-11-22(12-10-20)34(32,33)28-16-6-15-27(17-18-28)19-29-23(30)25(2,26-24(29)31)14-13-21-7-4-3-5-8-21/h3-5,7-12H,6,13-19H2,1-2H3,(H,26,31)/t25-/m1/s1. The van der Waals surface area contributed by atoms with Crippen molar-refractivity contribution in [2.75, 3.05) is 32.8 Å². The maximum Gasteiger partial charge on any atom is 0.326 e. The van der Waals surface area contributed by atoms with Crippen LogP contribution in [0.3, 0.4) is 0 Å². The molecule has 2 fully saturated rings. The third-order valence-corrected chi connectivity index (χ3v) is 8.56. The molecule has 0 aliphatic carbocycles. The van der Waals surface area contributed by atoms with Gasteiger partial charge in [0.2, 0.25) is 10.0 Å². The van der Waals surface area contributed by atoms with E-state index < -0.39 is 21.6 Å². The number of carbonyl (C=O) groups excluding carboxylic acids is 2. The van der Waals surface area contributed by atoms with Gasteiger partial charge in [-0.05, 0) is 50.8 Å². The number of benzene rings is 2. The average molecular weight is 485 g/mol. The normalized spacial score (nSPS) is 22.6. The zero-order valence-electron chi connectivity index (χ0n) is 19.7. The summed E-state index contributed by atoms with van der Waals surface area (Å²) in [6, 6.07) is 16.4. The van der Waals surface area contributed by atoms with Gasteiger partial charge in [-0.3, -0.25) is 9.69 Å². The fourth-order valence-electron chi connectivity index (χ4n) is 4.47. The number of urea groups is 1. The van der Waals surface area contributed by atoms with Gasteiger partial charge in [-0.15, -0.1) is 0 Å². The Bertz CT molecular complexity index is 1140. The highest BCUT2D eigenvalue weighted by molar-refractivity contribution is 7.89. The molecular weight excluding hydrogens is 452 g/mol. The topological polar surface area (TPSA) is 90.0 Å². The van der Waals surface area contributed by atoms with E-state index >= 15 is 0 Å². The smallest absolute Gasteiger partial charge is 0.323 e. The summed E-state index contributed by atoms with van der Waals surface area (Å²) >= 11 is 0. The van der Waals surface area contributed by atoms with Crippen molar-refractivity contribution in [3.63, 3.8) is 0 Å². The Hall–Kier alpha value is -2.75. The number of hydrogen-bond acceptors (Lipinski definition) is 5. The number of nitrogens with zero attached hydrogens (tertiary/aromatic N) is 3. The molecule has 0 spiro atoms. The highest BCUT2D eigenvalue weighted by Crippen LogP contribution is 2.24. The van der Waals surface area contributed by atoms with Crippen LogP contribution in [0, 0.1) is 6.92 Å². The predicted octanol–water partition coefficient (Wildman–Crippen LogP) is 2.59. The summed E-state index contributed by atoms with van der Waals surface area (Å²) in [5.74, 6) is -0.234. The van der Waals surface area contributed by atoms with E-state index in [0.29, 0.717) is 45.4 Å². The molecule has 2 aliphatic heterocycles. The molecule has 9 heteroatoms. The van der Waals surface area contributed by atoms with E-state index in [1.807, 2.05) is 42.2 Å². The maximum atomic E-state index is 13.2. The van der Waals surface area contributed by atoms with Crippen molar-refractivity contribution >= 4 is 22.0 Å². The zero-order chi connectivity index (χ0) is 24.3. The number of amides is 3. The molecule has 0 radical (unpaired) electrons. The molecular formula is C25H32N4O4S. The molecule has 182 valence electrons. The van der Waals surface area contributed by atoms with Gasteiger partial charge in [-0.2, -0.15) is 4.31 Å². The lowest BCUT2D eigenvalue weighted by Gasteiger charge is -2.26. The van der Waals surface area contributed by atoms with E-state index in [4.69, 9.17) is 0 Å².